The molecule has 0 bridgehead atoms. The van der Waals surface area contributed by atoms with Crippen LogP contribution in [0.3, 0.4) is 0 Å². The van der Waals surface area contributed by atoms with E-state index in [1.54, 1.807) is 0 Å². The van der Waals surface area contributed by atoms with Gasteiger partial charge in [-0.25, -0.2) is 0 Å². The second kappa shape index (κ2) is 20.9. The van der Waals surface area contributed by atoms with Crippen molar-refractivity contribution in [3.05, 3.63) is 0 Å². The highest BCUT2D eigenvalue weighted by Gasteiger charge is 2.07. The van der Waals surface area contributed by atoms with E-state index in [4.69, 9.17) is 9.84 Å². The van der Waals surface area contributed by atoms with Gasteiger partial charge in [0.1, 0.15) is 0 Å². The highest BCUT2D eigenvalue weighted by atomic mass is 16.5. The van der Waals surface area contributed by atoms with Crippen molar-refractivity contribution in [1.82, 2.24) is 4.90 Å². The summed E-state index contributed by atoms with van der Waals surface area (Å²) in [6.45, 7) is 25.8. The summed E-state index contributed by atoms with van der Waals surface area (Å²) >= 11 is 0. The topological polar surface area (TPSA) is 32.7 Å². The number of hydrogen-bond donors (Lipinski definition) is 1. The maximum Gasteiger partial charge on any atom is 0.0771 e. The van der Waals surface area contributed by atoms with Gasteiger partial charge in [-0.1, -0.05) is 61.8 Å². The van der Waals surface area contributed by atoms with Gasteiger partial charge in [0, 0.05) is 13.1 Å². The molecule has 3 heteroatoms. The van der Waals surface area contributed by atoms with Crippen LogP contribution in [0.15, 0.2) is 0 Å². The number of aliphatic hydroxyl groups is 1. The van der Waals surface area contributed by atoms with E-state index in [0.29, 0.717) is 6.61 Å². The van der Waals surface area contributed by atoms with Gasteiger partial charge in [-0.05, 0) is 45.1 Å². The lowest BCUT2D eigenvalue weighted by Gasteiger charge is -2.25. The van der Waals surface area contributed by atoms with Crippen molar-refractivity contribution in [2.24, 2.45) is 11.8 Å². The molecule has 24 heavy (non-hydrogen) atoms. The molecular formula is C21H49NO2. The van der Waals surface area contributed by atoms with Crippen molar-refractivity contribution < 1.29 is 9.84 Å². The van der Waals surface area contributed by atoms with Crippen LogP contribution in [0, 0.1) is 11.8 Å². The summed E-state index contributed by atoms with van der Waals surface area (Å²) in [5.41, 5.74) is 0. The zero-order valence-electron chi connectivity index (χ0n) is 18.6. The van der Waals surface area contributed by atoms with Gasteiger partial charge in [-0.15, -0.1) is 0 Å². The lowest BCUT2D eigenvalue weighted by Crippen LogP contribution is -2.31. The third-order valence-electron chi connectivity index (χ3n) is 2.88. The van der Waals surface area contributed by atoms with E-state index in [0.717, 1.165) is 18.3 Å². The Hall–Kier alpha value is -0.120. The predicted octanol–water partition coefficient (Wildman–Crippen LogP) is 5.61. The van der Waals surface area contributed by atoms with E-state index < -0.39 is 0 Å². The van der Waals surface area contributed by atoms with E-state index in [9.17, 15) is 0 Å². The molecule has 0 saturated carbocycles. The van der Waals surface area contributed by atoms with Crippen molar-refractivity contribution in [2.45, 2.75) is 101 Å². The Morgan fingerprint density at radius 3 is 1.50 bits per heavy atom. The first-order valence-electron chi connectivity index (χ1n) is 10.2. The van der Waals surface area contributed by atoms with Crippen LogP contribution in [-0.2, 0) is 4.74 Å². The van der Waals surface area contributed by atoms with Crippen LogP contribution in [0.5, 0.6) is 0 Å². The van der Waals surface area contributed by atoms with Crippen molar-refractivity contribution in [3.63, 3.8) is 0 Å². The molecule has 1 atom stereocenters. The van der Waals surface area contributed by atoms with Crippen molar-refractivity contribution >= 4 is 0 Å². The van der Waals surface area contributed by atoms with Gasteiger partial charge in [0.2, 0.25) is 0 Å². The molecule has 1 unspecified atom stereocenters. The van der Waals surface area contributed by atoms with E-state index >= 15 is 0 Å². The third kappa shape index (κ3) is 29.8. The SMILES string of the molecule is CCC.CCC(O)COC(C)C.CCCN(CC(C)C)CC(C)C. The molecule has 0 heterocycles. The van der Waals surface area contributed by atoms with E-state index in [-0.39, 0.29) is 12.2 Å². The third-order valence-corrected chi connectivity index (χ3v) is 2.88. The number of aliphatic hydroxyl groups excluding tert-OH is 1. The quantitative estimate of drug-likeness (QED) is 0.557. The van der Waals surface area contributed by atoms with Crippen LogP contribution in [-0.4, -0.2) is 48.5 Å². The summed E-state index contributed by atoms with van der Waals surface area (Å²) in [6.07, 6.45) is 3.24. The highest BCUT2D eigenvalue weighted by molar-refractivity contribution is 4.61. The molecule has 0 rings (SSSR count). The minimum atomic E-state index is -0.285. The normalized spacial score (nSPS) is 12.1. The molecule has 0 radical (unpaired) electrons. The summed E-state index contributed by atoms with van der Waals surface area (Å²) in [7, 11) is 0. The van der Waals surface area contributed by atoms with Crippen LogP contribution in [0.4, 0.5) is 0 Å². The average Bonchev–Trinajstić information content (AvgIpc) is 2.45. The average molecular weight is 348 g/mol. The van der Waals surface area contributed by atoms with Gasteiger partial charge in [0.05, 0.1) is 18.8 Å². The molecule has 0 aromatic heterocycles. The molecule has 0 spiro atoms. The molecular weight excluding hydrogens is 298 g/mol. The summed E-state index contributed by atoms with van der Waals surface area (Å²) < 4.78 is 5.14. The van der Waals surface area contributed by atoms with Gasteiger partial charge in [0.25, 0.3) is 0 Å². The summed E-state index contributed by atoms with van der Waals surface area (Å²) in [5, 5.41) is 8.98. The van der Waals surface area contributed by atoms with Crippen molar-refractivity contribution in [3.8, 4) is 0 Å². The second-order valence-electron chi connectivity index (χ2n) is 7.70. The fourth-order valence-electron chi connectivity index (χ4n) is 2.03. The maximum atomic E-state index is 8.98. The molecule has 3 nitrogen and oxygen atoms in total. The first-order valence-corrected chi connectivity index (χ1v) is 10.2. The molecule has 0 aromatic carbocycles. The summed E-state index contributed by atoms with van der Waals surface area (Å²) in [6, 6.07) is 0. The first kappa shape index (κ1) is 28.7. The van der Waals surface area contributed by atoms with E-state index in [2.05, 4.69) is 53.4 Å². The predicted molar refractivity (Wildman–Crippen MR) is 110 cm³/mol. The van der Waals surface area contributed by atoms with E-state index in [1.165, 1.54) is 32.5 Å². The lowest BCUT2D eigenvalue weighted by molar-refractivity contribution is 0.00464. The summed E-state index contributed by atoms with van der Waals surface area (Å²) in [5.74, 6) is 1.60. The zero-order valence-corrected chi connectivity index (χ0v) is 18.6. The molecule has 0 aliphatic rings. The molecule has 0 saturated heterocycles. The highest BCUT2D eigenvalue weighted by Crippen LogP contribution is 2.04. The summed E-state index contributed by atoms with van der Waals surface area (Å²) in [4.78, 5) is 2.58. The molecule has 1 N–H and O–H groups in total. The molecule has 0 amide bonds. The fourth-order valence-corrected chi connectivity index (χ4v) is 2.03. The van der Waals surface area contributed by atoms with Crippen LogP contribution in [0.25, 0.3) is 0 Å². The monoisotopic (exact) mass is 347 g/mol. The Balaban J connectivity index is -0.000000324. The van der Waals surface area contributed by atoms with Gasteiger partial charge < -0.3 is 14.7 Å². The first-order chi connectivity index (χ1) is 11.1. The second-order valence-corrected chi connectivity index (χ2v) is 7.70. The van der Waals surface area contributed by atoms with Crippen LogP contribution in [0.2, 0.25) is 0 Å². The molecule has 0 fully saturated rings. The minimum absolute atomic E-state index is 0.228. The maximum absolute atomic E-state index is 8.98. The fraction of sp³-hybridized carbons (Fsp3) is 1.00. The molecule has 0 aliphatic heterocycles. The largest absolute Gasteiger partial charge is 0.391 e. The van der Waals surface area contributed by atoms with Crippen LogP contribution >= 0.6 is 0 Å². The standard InChI is InChI=1S/C11H25N.C7H16O2.C3H8/c1-6-7-12(8-10(2)3)9-11(4)5;1-4-7(8)5-9-6(2)3;1-3-2/h10-11H,6-9H2,1-5H3;6-8H,4-5H2,1-3H3;3H2,1-2H3. The van der Waals surface area contributed by atoms with Gasteiger partial charge in [-0.2, -0.15) is 0 Å². The minimum Gasteiger partial charge on any atom is -0.391 e. The number of rotatable bonds is 10. The molecule has 150 valence electrons. The smallest absolute Gasteiger partial charge is 0.0771 e. The molecule has 0 aromatic rings. The van der Waals surface area contributed by atoms with Gasteiger partial charge in [0.15, 0.2) is 0 Å². The van der Waals surface area contributed by atoms with Crippen molar-refractivity contribution in [2.75, 3.05) is 26.2 Å². The number of ether oxygens (including phenoxy) is 1. The van der Waals surface area contributed by atoms with Crippen molar-refractivity contribution in [1.29, 1.82) is 0 Å². The Bertz CT molecular complexity index is 208. The number of hydrogen-bond acceptors (Lipinski definition) is 3. The Kier molecular flexibility index (Phi) is 25.0. The Labute approximate surface area is 154 Å². The lowest BCUT2D eigenvalue weighted by atomic mass is 10.1. The van der Waals surface area contributed by atoms with Gasteiger partial charge in [-0.3, -0.25) is 0 Å². The Morgan fingerprint density at radius 1 is 0.833 bits per heavy atom. The van der Waals surface area contributed by atoms with Crippen LogP contribution in [0.1, 0.15) is 88.5 Å². The van der Waals surface area contributed by atoms with Crippen LogP contribution < -0.4 is 0 Å². The molecule has 0 aliphatic carbocycles. The number of nitrogens with zero attached hydrogens (tertiary/aromatic N) is 1. The Morgan fingerprint density at radius 2 is 1.25 bits per heavy atom. The van der Waals surface area contributed by atoms with Gasteiger partial charge >= 0.3 is 0 Å². The zero-order chi connectivity index (χ0) is 19.5. The van der Waals surface area contributed by atoms with E-state index in [1.807, 2.05) is 20.8 Å².